The number of amides is 4. The van der Waals surface area contributed by atoms with Crippen LogP contribution in [-0.2, 0) is 33.4 Å². The van der Waals surface area contributed by atoms with E-state index in [1.165, 1.54) is 19.2 Å². The highest BCUT2D eigenvalue weighted by atomic mass is 16.7. The fraction of sp³-hybridized carbons (Fsp3) is 0.593. The number of hydrogen-bond donors (Lipinski definition) is 2. The predicted molar refractivity (Wildman–Crippen MR) is 139 cm³/mol. The van der Waals surface area contributed by atoms with Gasteiger partial charge in [-0.1, -0.05) is 18.2 Å². The highest BCUT2D eigenvalue weighted by molar-refractivity contribution is 5.99. The highest BCUT2D eigenvalue weighted by Gasteiger charge is 2.45. The number of benzene rings is 1. The first-order valence-electron chi connectivity index (χ1n) is 13.0. The van der Waals surface area contributed by atoms with Crippen LogP contribution < -0.4 is 10.6 Å². The quantitative estimate of drug-likeness (QED) is 0.347. The summed E-state index contributed by atoms with van der Waals surface area (Å²) in [5.74, 6) is -2.46. The molecule has 2 fully saturated rings. The predicted octanol–water partition coefficient (Wildman–Crippen LogP) is 1.15. The first-order valence-corrected chi connectivity index (χ1v) is 13.0. The molecule has 0 bridgehead atoms. The lowest BCUT2D eigenvalue weighted by molar-refractivity contribution is -0.178. The third-order valence-electron chi connectivity index (χ3n) is 6.43. The van der Waals surface area contributed by atoms with E-state index in [1.807, 2.05) is 0 Å². The molecule has 0 aliphatic carbocycles. The number of hydrogen-bond acceptors (Lipinski definition) is 8. The number of methoxy groups -OCH3 is 2. The van der Waals surface area contributed by atoms with Gasteiger partial charge in [-0.05, 0) is 52.2 Å². The van der Waals surface area contributed by atoms with E-state index in [9.17, 15) is 24.0 Å². The zero-order valence-electron chi connectivity index (χ0n) is 23.1. The van der Waals surface area contributed by atoms with E-state index in [2.05, 4.69) is 10.6 Å². The van der Waals surface area contributed by atoms with Gasteiger partial charge in [-0.15, -0.1) is 0 Å². The highest BCUT2D eigenvalue weighted by Crippen LogP contribution is 2.25. The Hall–Kier alpha value is -3.51. The Bertz CT molecular complexity index is 1050. The molecule has 4 amide bonds. The van der Waals surface area contributed by atoms with Gasteiger partial charge in [0.2, 0.25) is 11.8 Å². The molecule has 1 aromatic rings. The molecular formula is C27H38N4O8. The molecule has 3 atom stereocenters. The molecule has 12 nitrogen and oxygen atoms in total. The molecule has 0 saturated carbocycles. The third-order valence-corrected chi connectivity index (χ3v) is 6.43. The lowest BCUT2D eigenvalue weighted by atomic mass is 10.0. The van der Waals surface area contributed by atoms with Gasteiger partial charge in [-0.3, -0.25) is 29.0 Å². The number of nitrogens with one attached hydrogen (secondary N) is 2. The van der Waals surface area contributed by atoms with E-state index in [-0.39, 0.29) is 38.1 Å². The van der Waals surface area contributed by atoms with Crippen LogP contribution in [0.3, 0.4) is 0 Å². The molecule has 2 aliphatic rings. The zero-order chi connectivity index (χ0) is 28.7. The van der Waals surface area contributed by atoms with Gasteiger partial charge in [0.25, 0.3) is 11.8 Å². The third kappa shape index (κ3) is 7.76. The Morgan fingerprint density at radius 1 is 1.05 bits per heavy atom. The van der Waals surface area contributed by atoms with Crippen LogP contribution in [0.5, 0.6) is 0 Å². The van der Waals surface area contributed by atoms with Crippen molar-refractivity contribution in [2.45, 2.75) is 82.9 Å². The summed E-state index contributed by atoms with van der Waals surface area (Å²) < 4.78 is 16.0. The number of rotatable bonds is 9. The first-order chi connectivity index (χ1) is 18.4. The molecule has 0 radical (unpaired) electrons. The van der Waals surface area contributed by atoms with E-state index in [0.717, 1.165) is 5.01 Å². The molecule has 3 rings (SSSR count). The van der Waals surface area contributed by atoms with Crippen molar-refractivity contribution in [3.8, 4) is 0 Å². The van der Waals surface area contributed by atoms with Gasteiger partial charge in [0.15, 0.2) is 6.29 Å². The number of esters is 1. The number of ether oxygens (including phenoxy) is 3. The summed E-state index contributed by atoms with van der Waals surface area (Å²) in [6.07, 6.45) is -0.302. The number of fused-ring (bicyclic) bond motifs is 1. The monoisotopic (exact) mass is 546 g/mol. The minimum atomic E-state index is -1.04. The summed E-state index contributed by atoms with van der Waals surface area (Å²) in [4.78, 5) is 65.6. The van der Waals surface area contributed by atoms with Crippen LogP contribution in [-0.4, -0.2) is 90.4 Å². The molecule has 12 heteroatoms. The lowest BCUT2D eigenvalue weighted by Gasteiger charge is -2.43. The summed E-state index contributed by atoms with van der Waals surface area (Å²) in [6, 6.07) is 5.47. The normalized spacial score (nSPS) is 20.7. The smallest absolute Gasteiger partial charge is 0.308 e. The number of carbonyl (C=O) groups is 5. The van der Waals surface area contributed by atoms with Crippen LogP contribution in [0.15, 0.2) is 30.3 Å². The molecule has 214 valence electrons. The molecule has 2 N–H and O–H groups in total. The van der Waals surface area contributed by atoms with Gasteiger partial charge in [-0.25, -0.2) is 5.01 Å². The van der Waals surface area contributed by atoms with Crippen molar-refractivity contribution in [1.82, 2.24) is 20.7 Å². The van der Waals surface area contributed by atoms with Crippen LogP contribution in [0, 0.1) is 0 Å². The maximum Gasteiger partial charge on any atom is 0.308 e. The van der Waals surface area contributed by atoms with Crippen molar-refractivity contribution >= 4 is 29.6 Å². The van der Waals surface area contributed by atoms with Crippen LogP contribution >= 0.6 is 0 Å². The average Bonchev–Trinajstić information content (AvgIpc) is 3.00. The maximum absolute atomic E-state index is 13.7. The van der Waals surface area contributed by atoms with Crippen molar-refractivity contribution in [2.75, 3.05) is 20.8 Å². The number of hydrazine groups is 1. The second kappa shape index (κ2) is 13.0. The SMILES string of the molecule is COC(OC)[C@H](CC(=O)OC(C)(C)C)NC(=O)[C@@H]1CCCN2C(=O)CC[C@H](NC(=O)c3ccccc3)C(=O)N12. The van der Waals surface area contributed by atoms with Crippen LogP contribution in [0.4, 0.5) is 0 Å². The van der Waals surface area contributed by atoms with Crippen LogP contribution in [0.1, 0.15) is 63.2 Å². The standard InChI is InChI=1S/C27H38N4O8/c1-27(2,3)39-22(33)16-19(26(37-4)38-5)29-24(35)20-12-9-15-30-21(32)14-13-18(25(36)31(20)30)28-23(34)17-10-7-6-8-11-17/h6-8,10-11,18-20,26H,9,12-16H2,1-5H3,(H,28,34)(H,29,35)/t18-,19-,20-/m0/s1. The second-order valence-electron chi connectivity index (χ2n) is 10.5. The largest absolute Gasteiger partial charge is 0.460 e. The summed E-state index contributed by atoms with van der Waals surface area (Å²) in [5.41, 5.74) is -0.357. The summed E-state index contributed by atoms with van der Waals surface area (Å²) in [7, 11) is 2.75. The maximum atomic E-state index is 13.7. The Balaban J connectivity index is 1.81. The van der Waals surface area contributed by atoms with E-state index in [4.69, 9.17) is 14.2 Å². The van der Waals surface area contributed by atoms with Gasteiger partial charge in [0.05, 0.1) is 12.5 Å². The topological polar surface area (TPSA) is 144 Å². The molecule has 1 aromatic carbocycles. The first kappa shape index (κ1) is 30.0. The van der Waals surface area contributed by atoms with Crippen molar-refractivity contribution in [3.05, 3.63) is 35.9 Å². The van der Waals surface area contributed by atoms with Crippen LogP contribution in [0.2, 0.25) is 0 Å². The zero-order valence-corrected chi connectivity index (χ0v) is 23.1. The average molecular weight is 547 g/mol. The van der Waals surface area contributed by atoms with Crippen LogP contribution in [0.25, 0.3) is 0 Å². The van der Waals surface area contributed by atoms with Gasteiger partial charge < -0.3 is 24.8 Å². The van der Waals surface area contributed by atoms with Crippen molar-refractivity contribution < 1.29 is 38.2 Å². The van der Waals surface area contributed by atoms with Crippen molar-refractivity contribution in [2.24, 2.45) is 0 Å². The van der Waals surface area contributed by atoms with Gasteiger partial charge in [0, 0.05) is 32.7 Å². The molecule has 2 aliphatic heterocycles. The van der Waals surface area contributed by atoms with E-state index in [1.54, 1.807) is 51.1 Å². The lowest BCUT2D eigenvalue weighted by Crippen LogP contribution is -2.64. The van der Waals surface area contributed by atoms with E-state index >= 15 is 0 Å². The fourth-order valence-corrected chi connectivity index (χ4v) is 4.72. The minimum absolute atomic E-state index is 0.0347. The van der Waals surface area contributed by atoms with E-state index in [0.29, 0.717) is 12.0 Å². The molecular weight excluding hydrogens is 508 g/mol. The van der Waals surface area contributed by atoms with Gasteiger partial charge in [-0.2, -0.15) is 0 Å². The summed E-state index contributed by atoms with van der Waals surface area (Å²) in [5, 5.41) is 7.93. The number of nitrogens with zero attached hydrogens (tertiary/aromatic N) is 2. The van der Waals surface area contributed by atoms with Crippen molar-refractivity contribution in [3.63, 3.8) is 0 Å². The molecule has 0 aromatic heterocycles. The Labute approximate surface area is 228 Å². The van der Waals surface area contributed by atoms with Gasteiger partial charge in [0.1, 0.15) is 17.7 Å². The van der Waals surface area contributed by atoms with E-state index < -0.39 is 53.7 Å². The van der Waals surface area contributed by atoms with Crippen molar-refractivity contribution in [1.29, 1.82) is 0 Å². The molecule has 0 spiro atoms. The molecule has 0 unspecified atom stereocenters. The Morgan fingerprint density at radius 3 is 2.33 bits per heavy atom. The number of carbonyl (C=O) groups excluding carboxylic acids is 5. The van der Waals surface area contributed by atoms with Gasteiger partial charge >= 0.3 is 5.97 Å². The summed E-state index contributed by atoms with van der Waals surface area (Å²) in [6.45, 7) is 5.46. The molecule has 2 heterocycles. The summed E-state index contributed by atoms with van der Waals surface area (Å²) >= 11 is 0. The molecule has 2 saturated heterocycles. The fourth-order valence-electron chi connectivity index (χ4n) is 4.72. The Kier molecular flexibility index (Phi) is 10.0. The molecule has 39 heavy (non-hydrogen) atoms. The Morgan fingerprint density at radius 2 is 1.72 bits per heavy atom. The second-order valence-corrected chi connectivity index (χ2v) is 10.5. The minimum Gasteiger partial charge on any atom is -0.460 e.